The summed E-state index contributed by atoms with van der Waals surface area (Å²) in [5.74, 6) is -0.939. The maximum absolute atomic E-state index is 13.2. The van der Waals surface area contributed by atoms with Gasteiger partial charge in [-0.25, -0.2) is 9.78 Å². The Morgan fingerprint density at radius 2 is 2.10 bits per heavy atom. The van der Waals surface area contributed by atoms with Crippen LogP contribution in [0.2, 0.25) is 0 Å². The van der Waals surface area contributed by atoms with E-state index in [1.54, 1.807) is 16.7 Å². The number of aromatic nitrogens is 2. The molecule has 1 atom stereocenters. The molecule has 3 N–H and O–H groups in total. The maximum atomic E-state index is 13.2. The molecule has 0 saturated heterocycles. The summed E-state index contributed by atoms with van der Waals surface area (Å²) in [6.07, 6.45) is 0.250. The van der Waals surface area contributed by atoms with E-state index in [1.807, 2.05) is 19.1 Å². The van der Waals surface area contributed by atoms with Gasteiger partial charge in [0.05, 0.1) is 35.7 Å². The number of nitrogens with zero attached hydrogens (tertiary/aromatic N) is 2. The van der Waals surface area contributed by atoms with Gasteiger partial charge >= 0.3 is 5.97 Å². The Bertz CT molecular complexity index is 1300. The fourth-order valence-electron chi connectivity index (χ4n) is 4.62. The van der Waals surface area contributed by atoms with Gasteiger partial charge in [0, 0.05) is 28.6 Å². The van der Waals surface area contributed by atoms with Crippen LogP contribution in [-0.2, 0) is 34.7 Å². The van der Waals surface area contributed by atoms with Crippen LogP contribution in [0.3, 0.4) is 0 Å². The average Bonchev–Trinajstić information content (AvgIpc) is 3.09. The van der Waals surface area contributed by atoms with Crippen molar-refractivity contribution < 1.29 is 19.0 Å². The fraction of sp³-hybridized carbons (Fsp3) is 0.318. The van der Waals surface area contributed by atoms with Crippen molar-refractivity contribution in [2.24, 2.45) is 0 Å². The SMILES string of the molecule is CCc1c2c(nc3ccc(N)cc13)-c1cc3c(c(=O)n1C2)COC(=O)C3(O)CCF. The first kappa shape index (κ1) is 18.7. The predicted octanol–water partition coefficient (Wildman–Crippen LogP) is 2.17. The number of nitrogens with two attached hydrogens (primary N) is 1. The molecule has 1 unspecified atom stereocenters. The zero-order chi connectivity index (χ0) is 21.2. The van der Waals surface area contributed by atoms with E-state index in [0.717, 1.165) is 28.5 Å². The van der Waals surface area contributed by atoms with Gasteiger partial charge in [0.1, 0.15) is 6.61 Å². The highest BCUT2D eigenvalue weighted by Crippen LogP contribution is 2.40. The van der Waals surface area contributed by atoms with E-state index >= 15 is 0 Å². The summed E-state index contributed by atoms with van der Waals surface area (Å²) >= 11 is 0. The highest BCUT2D eigenvalue weighted by molar-refractivity contribution is 5.90. The first-order chi connectivity index (χ1) is 14.4. The van der Waals surface area contributed by atoms with Crippen molar-refractivity contribution in [1.82, 2.24) is 9.55 Å². The number of ether oxygens (including phenoxy) is 1. The van der Waals surface area contributed by atoms with E-state index in [9.17, 15) is 19.1 Å². The average molecular weight is 409 g/mol. The molecule has 0 saturated carbocycles. The van der Waals surface area contributed by atoms with Crippen molar-refractivity contribution in [1.29, 1.82) is 0 Å². The molecule has 2 aliphatic heterocycles. The number of nitrogen functional groups attached to an aromatic ring is 1. The minimum atomic E-state index is -2.18. The van der Waals surface area contributed by atoms with Crippen LogP contribution in [0.4, 0.5) is 10.1 Å². The minimum Gasteiger partial charge on any atom is -0.458 e. The van der Waals surface area contributed by atoms with E-state index in [1.165, 1.54) is 0 Å². The molecule has 2 aromatic heterocycles. The first-order valence-corrected chi connectivity index (χ1v) is 9.83. The van der Waals surface area contributed by atoms with Crippen molar-refractivity contribution in [2.75, 3.05) is 12.4 Å². The second kappa shape index (κ2) is 6.37. The van der Waals surface area contributed by atoms with Crippen molar-refractivity contribution in [2.45, 2.75) is 38.5 Å². The Kier molecular flexibility index (Phi) is 3.98. The number of rotatable bonds is 3. The minimum absolute atomic E-state index is 0.109. The number of alkyl halides is 1. The molecule has 154 valence electrons. The molecule has 5 rings (SSSR count). The van der Waals surface area contributed by atoms with Crippen LogP contribution in [0.1, 0.15) is 35.6 Å². The van der Waals surface area contributed by atoms with E-state index in [2.05, 4.69) is 0 Å². The zero-order valence-electron chi connectivity index (χ0n) is 16.4. The molecule has 0 fully saturated rings. The van der Waals surface area contributed by atoms with Gasteiger partial charge in [-0.1, -0.05) is 6.92 Å². The van der Waals surface area contributed by atoms with Crippen molar-refractivity contribution in [3.8, 4) is 11.4 Å². The number of fused-ring (bicyclic) bond motifs is 5. The Labute approximate surface area is 170 Å². The van der Waals surface area contributed by atoms with Gasteiger partial charge in [-0.2, -0.15) is 0 Å². The normalized spacial score (nSPS) is 19.4. The van der Waals surface area contributed by atoms with Gasteiger partial charge in [-0.15, -0.1) is 0 Å². The molecule has 2 aliphatic rings. The summed E-state index contributed by atoms with van der Waals surface area (Å²) in [5, 5.41) is 11.8. The molecule has 0 radical (unpaired) electrons. The summed E-state index contributed by atoms with van der Waals surface area (Å²) in [4.78, 5) is 30.3. The summed E-state index contributed by atoms with van der Waals surface area (Å²) in [5.41, 5.74) is 8.19. The number of pyridine rings is 2. The van der Waals surface area contributed by atoms with Crippen LogP contribution in [0.25, 0.3) is 22.3 Å². The summed E-state index contributed by atoms with van der Waals surface area (Å²) < 4.78 is 19.7. The summed E-state index contributed by atoms with van der Waals surface area (Å²) in [6.45, 7) is 1.18. The van der Waals surface area contributed by atoms with Gasteiger partial charge in [-0.05, 0) is 36.2 Å². The molecule has 0 bridgehead atoms. The zero-order valence-corrected chi connectivity index (χ0v) is 16.4. The third-order valence-electron chi connectivity index (χ3n) is 6.13. The number of aryl methyl sites for hydroxylation is 1. The molecular formula is C22H20FN3O4. The topological polar surface area (TPSA) is 107 Å². The number of halogens is 1. The predicted molar refractivity (Wildman–Crippen MR) is 109 cm³/mol. The van der Waals surface area contributed by atoms with E-state index in [-0.39, 0.29) is 23.3 Å². The van der Waals surface area contributed by atoms with Gasteiger partial charge in [0.2, 0.25) is 0 Å². The molecule has 0 amide bonds. The van der Waals surface area contributed by atoms with Crippen molar-refractivity contribution in [3.05, 3.63) is 56.9 Å². The van der Waals surface area contributed by atoms with Crippen molar-refractivity contribution in [3.63, 3.8) is 0 Å². The number of carbonyl (C=O) groups excluding carboxylic acids is 1. The second-order valence-electron chi connectivity index (χ2n) is 7.74. The molecular weight excluding hydrogens is 389 g/mol. The maximum Gasteiger partial charge on any atom is 0.343 e. The molecule has 3 aromatic rings. The van der Waals surface area contributed by atoms with Gasteiger partial charge in [0.25, 0.3) is 5.56 Å². The second-order valence-corrected chi connectivity index (χ2v) is 7.74. The fourth-order valence-corrected chi connectivity index (χ4v) is 4.62. The van der Waals surface area contributed by atoms with Crippen LogP contribution >= 0.6 is 0 Å². The van der Waals surface area contributed by atoms with Crippen molar-refractivity contribution >= 4 is 22.6 Å². The number of aliphatic hydroxyl groups is 1. The molecule has 30 heavy (non-hydrogen) atoms. The van der Waals surface area contributed by atoms with Gasteiger partial charge in [0.15, 0.2) is 5.60 Å². The van der Waals surface area contributed by atoms with Crippen LogP contribution in [0.5, 0.6) is 0 Å². The Balaban J connectivity index is 1.81. The number of carbonyl (C=O) groups is 1. The van der Waals surface area contributed by atoms with Crippen LogP contribution in [0.15, 0.2) is 29.1 Å². The smallest absolute Gasteiger partial charge is 0.343 e. The number of benzene rings is 1. The summed E-state index contributed by atoms with van der Waals surface area (Å²) in [6, 6.07) is 7.07. The lowest BCUT2D eigenvalue weighted by molar-refractivity contribution is -0.173. The number of anilines is 1. The quantitative estimate of drug-likeness (QED) is 0.397. The lowest BCUT2D eigenvalue weighted by atomic mass is 9.85. The van der Waals surface area contributed by atoms with Crippen LogP contribution in [0, 0.1) is 0 Å². The Morgan fingerprint density at radius 1 is 1.30 bits per heavy atom. The Hall–Kier alpha value is -3.26. The summed E-state index contributed by atoms with van der Waals surface area (Å²) in [7, 11) is 0. The first-order valence-electron chi connectivity index (χ1n) is 9.83. The lowest BCUT2D eigenvalue weighted by Crippen LogP contribution is -2.45. The third-order valence-corrected chi connectivity index (χ3v) is 6.13. The highest BCUT2D eigenvalue weighted by atomic mass is 19.1. The Morgan fingerprint density at radius 3 is 2.83 bits per heavy atom. The molecule has 7 nitrogen and oxygen atoms in total. The van der Waals surface area contributed by atoms with Gasteiger partial charge in [-0.3, -0.25) is 9.18 Å². The van der Waals surface area contributed by atoms with E-state index in [0.29, 0.717) is 23.6 Å². The molecule has 8 heteroatoms. The third kappa shape index (κ3) is 2.37. The van der Waals surface area contributed by atoms with E-state index < -0.39 is 24.7 Å². The van der Waals surface area contributed by atoms with Crippen LogP contribution < -0.4 is 11.3 Å². The van der Waals surface area contributed by atoms with Crippen LogP contribution in [-0.4, -0.2) is 27.3 Å². The highest BCUT2D eigenvalue weighted by Gasteiger charge is 2.46. The monoisotopic (exact) mass is 409 g/mol. The molecule has 1 aromatic carbocycles. The molecule has 0 aliphatic carbocycles. The number of cyclic esters (lactones) is 1. The van der Waals surface area contributed by atoms with Gasteiger partial charge < -0.3 is 20.1 Å². The largest absolute Gasteiger partial charge is 0.458 e. The number of hydrogen-bond donors (Lipinski definition) is 2. The molecule has 0 spiro atoms. The lowest BCUT2D eigenvalue weighted by Gasteiger charge is -2.31. The number of esters is 1. The molecule has 4 heterocycles. The standard InChI is InChI=1S/C22H20FN3O4/c1-2-12-13-7-11(24)3-4-17(13)25-19-14(12)9-26-18(19)8-16-15(20(26)27)10-30-21(28)22(16,29)5-6-23/h3-4,7-8,29H,2,5-6,9-10,24H2,1H3. The number of hydrogen-bond acceptors (Lipinski definition) is 6. The van der Waals surface area contributed by atoms with E-state index in [4.69, 9.17) is 15.5 Å².